The molecule has 0 aliphatic carbocycles. The van der Waals surface area contributed by atoms with Gasteiger partial charge in [-0.2, -0.15) is 5.10 Å². The highest BCUT2D eigenvalue weighted by molar-refractivity contribution is 6.39. The van der Waals surface area contributed by atoms with E-state index in [1.54, 1.807) is 18.2 Å². The maximum absolute atomic E-state index is 12.0. The fourth-order valence-corrected chi connectivity index (χ4v) is 1.96. The zero-order valence-corrected chi connectivity index (χ0v) is 14.2. The van der Waals surface area contributed by atoms with Crippen molar-refractivity contribution >= 4 is 23.7 Å². The van der Waals surface area contributed by atoms with Gasteiger partial charge in [0.15, 0.2) is 0 Å². The van der Waals surface area contributed by atoms with Crippen LogP contribution in [0.25, 0.3) is 0 Å². The maximum Gasteiger partial charge on any atom is 0.329 e. The first-order valence-corrected chi connectivity index (χ1v) is 7.46. The molecular formula is C18H19N3O4. The van der Waals surface area contributed by atoms with Crippen LogP contribution < -0.4 is 20.2 Å². The highest BCUT2D eigenvalue weighted by Gasteiger charge is 2.15. The second kappa shape index (κ2) is 8.49. The molecule has 0 radical (unpaired) electrons. The molecule has 0 saturated carbocycles. The Balaban J connectivity index is 1.98. The van der Waals surface area contributed by atoms with Gasteiger partial charge in [-0.05, 0) is 24.6 Å². The Hall–Kier alpha value is -3.35. The van der Waals surface area contributed by atoms with Gasteiger partial charge >= 0.3 is 11.8 Å². The summed E-state index contributed by atoms with van der Waals surface area (Å²) in [4.78, 5) is 23.8. The van der Waals surface area contributed by atoms with Gasteiger partial charge in [0.25, 0.3) is 0 Å². The van der Waals surface area contributed by atoms with Gasteiger partial charge in [0.2, 0.25) is 0 Å². The Kier molecular flexibility index (Phi) is 6.11. The van der Waals surface area contributed by atoms with Crippen LogP contribution in [-0.4, -0.2) is 32.2 Å². The first kappa shape index (κ1) is 18.0. The molecule has 25 heavy (non-hydrogen) atoms. The summed E-state index contributed by atoms with van der Waals surface area (Å²) < 4.78 is 10.2. The van der Waals surface area contributed by atoms with E-state index in [1.165, 1.54) is 20.4 Å². The number of carbonyl (C=O) groups excluding carboxylic acids is 2. The van der Waals surface area contributed by atoms with Gasteiger partial charge < -0.3 is 14.8 Å². The first-order valence-electron chi connectivity index (χ1n) is 7.46. The molecule has 0 spiro atoms. The number of rotatable bonds is 5. The fourth-order valence-electron chi connectivity index (χ4n) is 1.96. The van der Waals surface area contributed by atoms with Crippen LogP contribution in [-0.2, 0) is 9.59 Å². The largest absolute Gasteiger partial charge is 0.497 e. The summed E-state index contributed by atoms with van der Waals surface area (Å²) in [5.74, 6) is -0.833. The van der Waals surface area contributed by atoms with Gasteiger partial charge in [-0.25, -0.2) is 5.43 Å². The smallest absolute Gasteiger partial charge is 0.329 e. The highest BCUT2D eigenvalue weighted by atomic mass is 16.5. The monoisotopic (exact) mass is 341 g/mol. The molecule has 0 aliphatic heterocycles. The number of ether oxygens (including phenoxy) is 2. The average molecular weight is 341 g/mol. The van der Waals surface area contributed by atoms with E-state index in [1.807, 2.05) is 31.2 Å². The number of nitrogens with zero attached hydrogens (tertiary/aromatic N) is 1. The van der Waals surface area contributed by atoms with Crippen LogP contribution in [0.2, 0.25) is 0 Å². The van der Waals surface area contributed by atoms with E-state index in [2.05, 4.69) is 15.8 Å². The molecular weight excluding hydrogens is 322 g/mol. The SMILES string of the molecule is COc1ccc(OC)c(NC(=O)C(=O)NN=Cc2ccc(C)cc2)c1. The van der Waals surface area contributed by atoms with Crippen molar-refractivity contribution < 1.29 is 19.1 Å². The van der Waals surface area contributed by atoms with E-state index in [9.17, 15) is 9.59 Å². The molecule has 0 aliphatic rings. The lowest BCUT2D eigenvalue weighted by atomic mass is 10.2. The molecule has 2 aromatic carbocycles. The average Bonchev–Trinajstić information content (AvgIpc) is 2.63. The van der Waals surface area contributed by atoms with Gasteiger partial charge in [-0.1, -0.05) is 29.8 Å². The van der Waals surface area contributed by atoms with Crippen LogP contribution in [0.4, 0.5) is 5.69 Å². The number of anilines is 1. The molecule has 0 bridgehead atoms. The molecule has 130 valence electrons. The number of hydrogen-bond acceptors (Lipinski definition) is 5. The van der Waals surface area contributed by atoms with Crippen LogP contribution in [0.1, 0.15) is 11.1 Å². The topological polar surface area (TPSA) is 89.0 Å². The van der Waals surface area contributed by atoms with Gasteiger partial charge in [0, 0.05) is 6.07 Å². The second-order valence-corrected chi connectivity index (χ2v) is 5.13. The van der Waals surface area contributed by atoms with Gasteiger partial charge in [0.05, 0.1) is 26.1 Å². The first-order chi connectivity index (χ1) is 12.0. The number of carbonyl (C=O) groups is 2. The molecule has 2 rings (SSSR count). The van der Waals surface area contributed by atoms with E-state index in [0.29, 0.717) is 17.2 Å². The third kappa shape index (κ3) is 5.07. The molecule has 7 heteroatoms. The zero-order valence-electron chi connectivity index (χ0n) is 14.2. The Morgan fingerprint density at radius 2 is 1.72 bits per heavy atom. The molecule has 7 nitrogen and oxygen atoms in total. The Morgan fingerprint density at radius 3 is 2.36 bits per heavy atom. The summed E-state index contributed by atoms with van der Waals surface area (Å²) in [5.41, 5.74) is 4.43. The normalized spacial score (nSPS) is 10.4. The van der Waals surface area contributed by atoms with E-state index in [-0.39, 0.29) is 0 Å². The summed E-state index contributed by atoms with van der Waals surface area (Å²) in [6.45, 7) is 1.97. The van der Waals surface area contributed by atoms with Crippen LogP contribution in [0.3, 0.4) is 0 Å². The predicted octanol–water partition coefficient (Wildman–Crippen LogP) is 2.10. The third-order valence-electron chi connectivity index (χ3n) is 3.32. The molecule has 0 atom stereocenters. The number of benzene rings is 2. The van der Waals surface area contributed by atoms with Gasteiger partial charge in [-0.15, -0.1) is 0 Å². The Morgan fingerprint density at radius 1 is 1.00 bits per heavy atom. The summed E-state index contributed by atoms with van der Waals surface area (Å²) in [6, 6.07) is 12.4. The van der Waals surface area contributed by atoms with Crippen molar-refractivity contribution in [1.29, 1.82) is 0 Å². The summed E-state index contributed by atoms with van der Waals surface area (Å²) >= 11 is 0. The highest BCUT2D eigenvalue weighted by Crippen LogP contribution is 2.28. The summed E-state index contributed by atoms with van der Waals surface area (Å²) in [7, 11) is 2.96. The zero-order chi connectivity index (χ0) is 18.2. The van der Waals surface area contributed by atoms with Crippen molar-refractivity contribution in [2.75, 3.05) is 19.5 Å². The number of amides is 2. The van der Waals surface area contributed by atoms with Crippen molar-refractivity contribution in [1.82, 2.24) is 5.43 Å². The lowest BCUT2D eigenvalue weighted by Gasteiger charge is -2.11. The molecule has 0 unspecified atom stereocenters. The minimum absolute atomic E-state index is 0.324. The van der Waals surface area contributed by atoms with Crippen molar-refractivity contribution in [3.8, 4) is 11.5 Å². The minimum atomic E-state index is -0.895. The van der Waals surface area contributed by atoms with E-state index in [4.69, 9.17) is 9.47 Å². The summed E-state index contributed by atoms with van der Waals surface area (Å²) in [6.07, 6.45) is 1.46. The van der Waals surface area contributed by atoms with Crippen LogP contribution in [0.15, 0.2) is 47.6 Å². The second-order valence-electron chi connectivity index (χ2n) is 5.13. The van der Waals surface area contributed by atoms with Crippen molar-refractivity contribution in [2.24, 2.45) is 5.10 Å². The van der Waals surface area contributed by atoms with Gasteiger partial charge in [-0.3, -0.25) is 9.59 Å². The number of hydrogen-bond donors (Lipinski definition) is 2. The number of methoxy groups -OCH3 is 2. The van der Waals surface area contributed by atoms with Crippen molar-refractivity contribution in [3.05, 3.63) is 53.6 Å². The fraction of sp³-hybridized carbons (Fsp3) is 0.167. The number of aryl methyl sites for hydroxylation is 1. The molecule has 0 saturated heterocycles. The van der Waals surface area contributed by atoms with Crippen LogP contribution >= 0.6 is 0 Å². The predicted molar refractivity (Wildman–Crippen MR) is 95.1 cm³/mol. The lowest BCUT2D eigenvalue weighted by Crippen LogP contribution is -2.32. The van der Waals surface area contributed by atoms with Crippen molar-refractivity contribution in [2.45, 2.75) is 6.92 Å². The Labute approximate surface area is 145 Å². The van der Waals surface area contributed by atoms with Gasteiger partial charge in [0.1, 0.15) is 11.5 Å². The third-order valence-corrected chi connectivity index (χ3v) is 3.32. The molecule has 0 aromatic heterocycles. The van der Waals surface area contributed by atoms with E-state index >= 15 is 0 Å². The molecule has 2 N–H and O–H groups in total. The van der Waals surface area contributed by atoms with Crippen LogP contribution in [0, 0.1) is 6.92 Å². The van der Waals surface area contributed by atoms with E-state index < -0.39 is 11.8 Å². The lowest BCUT2D eigenvalue weighted by molar-refractivity contribution is -0.136. The molecule has 2 amide bonds. The quantitative estimate of drug-likeness (QED) is 0.495. The van der Waals surface area contributed by atoms with E-state index in [0.717, 1.165) is 11.1 Å². The van der Waals surface area contributed by atoms with Crippen LogP contribution in [0.5, 0.6) is 11.5 Å². The Bertz CT molecular complexity index is 785. The van der Waals surface area contributed by atoms with Crippen molar-refractivity contribution in [3.63, 3.8) is 0 Å². The molecule has 0 heterocycles. The summed E-state index contributed by atoms with van der Waals surface area (Å²) in [5, 5.41) is 6.23. The number of hydrazone groups is 1. The maximum atomic E-state index is 12.0. The standard InChI is InChI=1S/C18H19N3O4/c1-12-4-6-13(7-5-12)11-19-21-18(23)17(22)20-15-10-14(24-2)8-9-16(15)25-3/h4-11H,1-3H3,(H,20,22)(H,21,23). The molecule has 0 fully saturated rings. The number of nitrogens with one attached hydrogen (secondary N) is 2. The molecule has 2 aromatic rings. The minimum Gasteiger partial charge on any atom is -0.497 e.